The summed E-state index contributed by atoms with van der Waals surface area (Å²) in [5.41, 5.74) is -0.473. The molecule has 8 heteroatoms. The minimum absolute atomic E-state index is 0.0963. The van der Waals surface area contributed by atoms with Crippen LogP contribution in [-0.4, -0.2) is 47.7 Å². The Kier molecular flexibility index (Phi) is 8.11. The van der Waals surface area contributed by atoms with E-state index in [0.717, 1.165) is 0 Å². The molecule has 0 aromatic carbocycles. The second-order valence-corrected chi connectivity index (χ2v) is 8.03. The largest absolute Gasteiger partial charge is 0.352 e. The van der Waals surface area contributed by atoms with Crippen LogP contribution in [0.15, 0.2) is 12.3 Å². The summed E-state index contributed by atoms with van der Waals surface area (Å²) in [4.78, 5) is 35.1. The number of hydrogen-bond donors (Lipinski definition) is 2. The van der Waals surface area contributed by atoms with Crippen molar-refractivity contribution in [2.45, 2.75) is 52.9 Å². The highest BCUT2D eigenvalue weighted by molar-refractivity contribution is 8.13. The highest BCUT2D eigenvalue weighted by Crippen LogP contribution is 2.34. The molecule has 1 heterocycles. The summed E-state index contributed by atoms with van der Waals surface area (Å²) in [5, 5.41) is 5.31. The van der Waals surface area contributed by atoms with Gasteiger partial charge in [0.2, 0.25) is 5.91 Å². The number of amides is 2. The summed E-state index contributed by atoms with van der Waals surface area (Å²) in [6, 6.07) is 0. The monoisotopic (exact) mass is 372 g/mol. The number of carbonyl (C=O) groups excluding carboxylic acids is 3. The van der Waals surface area contributed by atoms with Gasteiger partial charge in [-0.05, 0) is 13.8 Å². The lowest BCUT2D eigenvalue weighted by atomic mass is 9.85. The van der Waals surface area contributed by atoms with Crippen molar-refractivity contribution in [1.82, 2.24) is 10.6 Å². The van der Waals surface area contributed by atoms with Gasteiger partial charge in [-0.2, -0.15) is 0 Å². The Morgan fingerprint density at radius 3 is 2.56 bits per heavy atom. The Balaban J connectivity index is 2.40. The maximum Gasteiger partial charge on any atom is 0.253 e. The van der Waals surface area contributed by atoms with E-state index in [0.29, 0.717) is 25.3 Å². The van der Waals surface area contributed by atoms with Crippen LogP contribution in [-0.2, 0) is 23.9 Å². The van der Waals surface area contributed by atoms with Crippen LogP contribution in [0.3, 0.4) is 0 Å². The number of rotatable bonds is 7. The molecular weight excluding hydrogens is 344 g/mol. The van der Waals surface area contributed by atoms with Crippen LogP contribution >= 0.6 is 11.8 Å². The number of carbonyl (C=O) groups is 3. The highest BCUT2D eigenvalue weighted by atomic mass is 32.2. The molecule has 0 bridgehead atoms. The van der Waals surface area contributed by atoms with Gasteiger partial charge in [0.15, 0.2) is 10.9 Å². The molecule has 1 aliphatic heterocycles. The third-order valence-electron chi connectivity index (χ3n) is 3.55. The van der Waals surface area contributed by atoms with Gasteiger partial charge in [-0.25, -0.2) is 0 Å². The average Bonchev–Trinajstić information content (AvgIpc) is 2.53. The molecule has 7 nitrogen and oxygen atoms in total. The van der Waals surface area contributed by atoms with E-state index in [-0.39, 0.29) is 16.9 Å². The van der Waals surface area contributed by atoms with E-state index >= 15 is 0 Å². The van der Waals surface area contributed by atoms with Crippen molar-refractivity contribution in [1.29, 1.82) is 0 Å². The summed E-state index contributed by atoms with van der Waals surface area (Å²) in [6.07, 6.45) is 2.33. The maximum absolute atomic E-state index is 12.3. The van der Waals surface area contributed by atoms with E-state index in [1.165, 1.54) is 24.0 Å². The molecule has 1 fully saturated rings. The summed E-state index contributed by atoms with van der Waals surface area (Å²) < 4.78 is 11.3. The second kappa shape index (κ2) is 9.35. The molecule has 0 saturated carbocycles. The van der Waals surface area contributed by atoms with Crippen LogP contribution < -0.4 is 10.6 Å². The Labute approximate surface area is 153 Å². The molecule has 0 radical (unpaired) electrons. The summed E-state index contributed by atoms with van der Waals surface area (Å²) in [7, 11) is 0. The van der Waals surface area contributed by atoms with Gasteiger partial charge in [0, 0.05) is 36.4 Å². The SMILES string of the molecule is CCC(=O)SCCNC(=O)C=CNC(=O)[C@@H]1OC(C)(C)OCC1(C)C. The van der Waals surface area contributed by atoms with Crippen LogP contribution in [0.1, 0.15) is 41.0 Å². The minimum atomic E-state index is -0.827. The highest BCUT2D eigenvalue weighted by Gasteiger charge is 2.45. The van der Waals surface area contributed by atoms with Crippen LogP contribution in [0.4, 0.5) is 0 Å². The van der Waals surface area contributed by atoms with Gasteiger partial charge < -0.3 is 20.1 Å². The first-order chi connectivity index (χ1) is 11.6. The maximum atomic E-state index is 12.3. The third kappa shape index (κ3) is 7.58. The van der Waals surface area contributed by atoms with Crippen LogP contribution in [0, 0.1) is 5.41 Å². The quantitative estimate of drug-likeness (QED) is 0.521. The summed E-state index contributed by atoms with van der Waals surface area (Å²) >= 11 is 1.19. The van der Waals surface area contributed by atoms with E-state index in [2.05, 4.69) is 10.6 Å². The summed E-state index contributed by atoms with van der Waals surface area (Å²) in [6.45, 7) is 9.87. The normalized spacial score (nSPS) is 21.7. The van der Waals surface area contributed by atoms with E-state index in [9.17, 15) is 14.4 Å². The molecule has 0 aromatic rings. The van der Waals surface area contributed by atoms with Crippen molar-refractivity contribution in [2.24, 2.45) is 5.41 Å². The molecule has 1 rings (SSSR count). The Morgan fingerprint density at radius 1 is 1.24 bits per heavy atom. The number of thioether (sulfide) groups is 1. The molecule has 2 N–H and O–H groups in total. The third-order valence-corrected chi connectivity index (χ3v) is 4.57. The van der Waals surface area contributed by atoms with Gasteiger partial charge in [-0.1, -0.05) is 32.5 Å². The molecule has 1 atom stereocenters. The van der Waals surface area contributed by atoms with Crippen molar-refractivity contribution in [2.75, 3.05) is 18.9 Å². The van der Waals surface area contributed by atoms with Crippen molar-refractivity contribution in [3.8, 4) is 0 Å². The first-order valence-electron chi connectivity index (χ1n) is 8.29. The standard InChI is InChI=1S/C17H28N2O5S/c1-6-13(21)25-10-9-18-12(20)7-8-19-15(22)14-16(2,3)11-23-17(4,5)24-14/h7-8,14H,6,9-11H2,1-5H3,(H,18,20)(H,19,22)/t14-/m0/s1. The van der Waals surface area contributed by atoms with Crippen molar-refractivity contribution in [3.63, 3.8) is 0 Å². The lowest BCUT2D eigenvalue weighted by Gasteiger charge is -2.44. The number of hydrogen-bond acceptors (Lipinski definition) is 6. The van der Waals surface area contributed by atoms with Crippen LogP contribution in [0.25, 0.3) is 0 Å². The summed E-state index contributed by atoms with van der Waals surface area (Å²) in [5.74, 6) is -0.962. The molecule has 0 unspecified atom stereocenters. The van der Waals surface area contributed by atoms with Crippen molar-refractivity contribution < 1.29 is 23.9 Å². The van der Waals surface area contributed by atoms with Crippen LogP contribution in [0.5, 0.6) is 0 Å². The molecule has 1 aliphatic rings. The fourth-order valence-electron chi connectivity index (χ4n) is 2.10. The Morgan fingerprint density at radius 2 is 1.92 bits per heavy atom. The van der Waals surface area contributed by atoms with E-state index in [4.69, 9.17) is 9.47 Å². The molecule has 25 heavy (non-hydrogen) atoms. The lowest BCUT2D eigenvalue weighted by Crippen LogP contribution is -2.55. The average molecular weight is 372 g/mol. The number of nitrogens with one attached hydrogen (secondary N) is 2. The van der Waals surface area contributed by atoms with Crippen molar-refractivity contribution >= 4 is 28.7 Å². The topological polar surface area (TPSA) is 93.7 Å². The fraction of sp³-hybridized carbons (Fsp3) is 0.706. The molecule has 1 saturated heterocycles. The number of ether oxygens (including phenoxy) is 2. The molecule has 142 valence electrons. The second-order valence-electron chi connectivity index (χ2n) is 6.88. The van der Waals surface area contributed by atoms with Gasteiger partial charge in [0.25, 0.3) is 5.91 Å². The van der Waals surface area contributed by atoms with Gasteiger partial charge in [-0.15, -0.1) is 0 Å². The smallest absolute Gasteiger partial charge is 0.253 e. The first kappa shape index (κ1) is 21.7. The van der Waals surface area contributed by atoms with Crippen molar-refractivity contribution in [3.05, 3.63) is 12.3 Å². The van der Waals surface area contributed by atoms with E-state index < -0.39 is 17.3 Å². The zero-order valence-electron chi connectivity index (χ0n) is 15.5. The Hall–Kier alpha value is -1.38. The van der Waals surface area contributed by atoms with E-state index in [1.54, 1.807) is 20.8 Å². The predicted octanol–water partition coefficient (Wildman–Crippen LogP) is 1.58. The zero-order chi connectivity index (χ0) is 19.1. The molecule has 2 amide bonds. The lowest BCUT2D eigenvalue weighted by molar-refractivity contribution is -0.303. The zero-order valence-corrected chi connectivity index (χ0v) is 16.3. The van der Waals surface area contributed by atoms with Gasteiger partial charge in [0.05, 0.1) is 6.61 Å². The molecule has 0 aromatic heterocycles. The predicted molar refractivity (Wildman–Crippen MR) is 96.7 cm³/mol. The van der Waals surface area contributed by atoms with Crippen LogP contribution in [0.2, 0.25) is 0 Å². The fourth-order valence-corrected chi connectivity index (χ4v) is 2.73. The molecular formula is C17H28N2O5S. The molecule has 0 spiro atoms. The van der Waals surface area contributed by atoms with E-state index in [1.807, 2.05) is 13.8 Å². The van der Waals surface area contributed by atoms with Gasteiger partial charge in [0.1, 0.15) is 6.10 Å². The van der Waals surface area contributed by atoms with Gasteiger partial charge >= 0.3 is 0 Å². The Bertz CT molecular complexity index is 531. The van der Waals surface area contributed by atoms with Gasteiger partial charge in [-0.3, -0.25) is 14.4 Å². The first-order valence-corrected chi connectivity index (χ1v) is 9.28. The molecule has 0 aliphatic carbocycles. The minimum Gasteiger partial charge on any atom is -0.352 e.